The van der Waals surface area contributed by atoms with Crippen molar-refractivity contribution in [2.24, 2.45) is 0 Å². The van der Waals surface area contributed by atoms with Gasteiger partial charge in [0.25, 0.3) is 11.4 Å². The molecular weight excluding hydrogens is 256 g/mol. The minimum Gasteiger partial charge on any atom is -0.336 e. The van der Waals surface area contributed by atoms with E-state index in [9.17, 15) is 25.0 Å². The Bertz CT molecular complexity index is 529. The first kappa shape index (κ1) is 14.4. The Morgan fingerprint density at radius 3 is 2.32 bits per heavy atom. The van der Waals surface area contributed by atoms with E-state index in [2.05, 4.69) is 10.6 Å². The van der Waals surface area contributed by atoms with E-state index in [4.69, 9.17) is 0 Å². The molecule has 2 amide bonds. The first-order chi connectivity index (χ1) is 8.81. The van der Waals surface area contributed by atoms with Gasteiger partial charge in [-0.15, -0.1) is 0 Å². The highest BCUT2D eigenvalue weighted by Gasteiger charge is 2.20. The molecule has 0 bridgehead atoms. The van der Waals surface area contributed by atoms with Gasteiger partial charge >= 0.3 is 6.03 Å². The second-order valence-electron chi connectivity index (χ2n) is 3.97. The highest BCUT2D eigenvalue weighted by atomic mass is 16.6. The lowest BCUT2D eigenvalue weighted by molar-refractivity contribution is -0.393. The fourth-order valence-corrected chi connectivity index (χ4v) is 1.31. The van der Waals surface area contributed by atoms with Gasteiger partial charge in [-0.3, -0.25) is 20.2 Å². The molecular formula is C10H12N4O5. The maximum absolute atomic E-state index is 11.4. The Labute approximate surface area is 107 Å². The third-order valence-corrected chi connectivity index (χ3v) is 2.06. The fraction of sp³-hybridized carbons (Fsp3) is 0.300. The lowest BCUT2D eigenvalue weighted by atomic mass is 10.2. The van der Waals surface area contributed by atoms with Crippen LogP contribution in [0.2, 0.25) is 0 Å². The zero-order valence-corrected chi connectivity index (χ0v) is 10.2. The number of amides is 2. The average Bonchev–Trinajstić information content (AvgIpc) is 2.27. The first-order valence-corrected chi connectivity index (χ1v) is 5.31. The second-order valence-corrected chi connectivity index (χ2v) is 3.97. The van der Waals surface area contributed by atoms with Gasteiger partial charge in [0.2, 0.25) is 0 Å². The summed E-state index contributed by atoms with van der Waals surface area (Å²) in [5.74, 6) is 0. The maximum Gasteiger partial charge on any atom is 0.319 e. The molecule has 0 aliphatic rings. The van der Waals surface area contributed by atoms with Crippen molar-refractivity contribution in [3.05, 3.63) is 38.4 Å². The van der Waals surface area contributed by atoms with Crippen LogP contribution in [-0.2, 0) is 0 Å². The van der Waals surface area contributed by atoms with Crippen molar-refractivity contribution in [2.75, 3.05) is 5.32 Å². The van der Waals surface area contributed by atoms with Crippen molar-refractivity contribution >= 4 is 23.1 Å². The zero-order valence-electron chi connectivity index (χ0n) is 10.2. The normalized spacial score (nSPS) is 10.1. The summed E-state index contributed by atoms with van der Waals surface area (Å²) in [6.45, 7) is 3.45. The van der Waals surface area contributed by atoms with Crippen LogP contribution < -0.4 is 10.6 Å². The van der Waals surface area contributed by atoms with E-state index >= 15 is 0 Å². The lowest BCUT2D eigenvalue weighted by Gasteiger charge is -2.10. The number of hydrogen-bond acceptors (Lipinski definition) is 5. The number of nitro benzene ring substituents is 2. The van der Waals surface area contributed by atoms with E-state index in [1.165, 1.54) is 0 Å². The average molecular weight is 268 g/mol. The molecule has 0 unspecified atom stereocenters. The van der Waals surface area contributed by atoms with Crippen LogP contribution in [0.5, 0.6) is 0 Å². The summed E-state index contributed by atoms with van der Waals surface area (Å²) < 4.78 is 0. The van der Waals surface area contributed by atoms with E-state index < -0.39 is 27.3 Å². The number of nitrogens with one attached hydrogen (secondary N) is 2. The van der Waals surface area contributed by atoms with Crippen molar-refractivity contribution in [2.45, 2.75) is 19.9 Å². The summed E-state index contributed by atoms with van der Waals surface area (Å²) >= 11 is 0. The van der Waals surface area contributed by atoms with Gasteiger partial charge in [0.05, 0.1) is 15.9 Å². The second kappa shape index (κ2) is 5.76. The third kappa shape index (κ3) is 3.91. The van der Waals surface area contributed by atoms with E-state index in [-0.39, 0.29) is 11.7 Å². The summed E-state index contributed by atoms with van der Waals surface area (Å²) in [6.07, 6.45) is 0. The van der Waals surface area contributed by atoms with E-state index in [1.807, 2.05) is 0 Å². The monoisotopic (exact) mass is 268 g/mol. The Balaban J connectivity index is 3.04. The predicted octanol–water partition coefficient (Wildman–Crippen LogP) is 2.03. The predicted molar refractivity (Wildman–Crippen MR) is 67.0 cm³/mol. The highest BCUT2D eigenvalue weighted by molar-refractivity contribution is 5.92. The molecule has 0 radical (unpaired) electrons. The number of urea groups is 1. The SMILES string of the molecule is CC(C)NC(=O)Nc1ccc([N+](=O)[O-])cc1[N+](=O)[O-]. The number of hydrogen-bond donors (Lipinski definition) is 2. The van der Waals surface area contributed by atoms with Gasteiger partial charge in [0.15, 0.2) is 0 Å². The van der Waals surface area contributed by atoms with Crippen LogP contribution in [0.25, 0.3) is 0 Å². The van der Waals surface area contributed by atoms with Crippen LogP contribution in [0.3, 0.4) is 0 Å². The molecule has 0 aliphatic carbocycles. The van der Waals surface area contributed by atoms with Crippen LogP contribution in [0.15, 0.2) is 18.2 Å². The zero-order chi connectivity index (χ0) is 14.6. The molecule has 0 atom stereocenters. The number of nitro groups is 2. The van der Waals surface area contributed by atoms with Gasteiger partial charge < -0.3 is 10.6 Å². The topological polar surface area (TPSA) is 127 Å². The first-order valence-electron chi connectivity index (χ1n) is 5.31. The van der Waals surface area contributed by atoms with E-state index in [1.54, 1.807) is 13.8 Å². The largest absolute Gasteiger partial charge is 0.336 e. The number of anilines is 1. The van der Waals surface area contributed by atoms with Gasteiger partial charge in [-0.1, -0.05) is 0 Å². The van der Waals surface area contributed by atoms with Crippen molar-refractivity contribution in [1.29, 1.82) is 0 Å². The van der Waals surface area contributed by atoms with Crippen molar-refractivity contribution in [3.8, 4) is 0 Å². The Morgan fingerprint density at radius 2 is 1.84 bits per heavy atom. The fourth-order valence-electron chi connectivity index (χ4n) is 1.31. The smallest absolute Gasteiger partial charge is 0.319 e. The van der Waals surface area contributed by atoms with Crippen LogP contribution in [-0.4, -0.2) is 21.9 Å². The van der Waals surface area contributed by atoms with Gasteiger partial charge in [0, 0.05) is 12.1 Å². The molecule has 9 nitrogen and oxygen atoms in total. The van der Waals surface area contributed by atoms with Crippen LogP contribution in [0.4, 0.5) is 21.9 Å². The molecule has 0 aromatic heterocycles. The Kier molecular flexibility index (Phi) is 4.35. The van der Waals surface area contributed by atoms with Gasteiger partial charge in [0.1, 0.15) is 5.69 Å². The van der Waals surface area contributed by atoms with Crippen LogP contribution in [0.1, 0.15) is 13.8 Å². The molecule has 102 valence electrons. The molecule has 9 heteroatoms. The number of non-ortho nitro benzene ring substituents is 1. The molecule has 0 fully saturated rings. The molecule has 0 saturated carbocycles. The minimum atomic E-state index is -0.794. The van der Waals surface area contributed by atoms with Crippen molar-refractivity contribution in [1.82, 2.24) is 5.32 Å². The van der Waals surface area contributed by atoms with Gasteiger partial charge in [-0.25, -0.2) is 4.79 Å². The van der Waals surface area contributed by atoms with E-state index in [0.29, 0.717) is 0 Å². The van der Waals surface area contributed by atoms with Crippen molar-refractivity contribution < 1.29 is 14.6 Å². The molecule has 1 aromatic carbocycles. The summed E-state index contributed by atoms with van der Waals surface area (Å²) in [4.78, 5) is 31.2. The summed E-state index contributed by atoms with van der Waals surface area (Å²) in [7, 11) is 0. The number of carbonyl (C=O) groups excluding carboxylic acids is 1. The molecule has 2 N–H and O–H groups in total. The summed E-state index contributed by atoms with van der Waals surface area (Å²) in [5.41, 5.74) is -1.05. The quantitative estimate of drug-likeness (QED) is 0.637. The Hall–Kier alpha value is -2.71. The molecule has 19 heavy (non-hydrogen) atoms. The molecule has 0 aliphatic heterocycles. The number of carbonyl (C=O) groups is 1. The highest BCUT2D eigenvalue weighted by Crippen LogP contribution is 2.28. The standard InChI is InChI=1S/C10H12N4O5/c1-6(2)11-10(15)12-8-4-3-7(13(16)17)5-9(8)14(18)19/h3-6H,1-2H3,(H2,11,12,15). The Morgan fingerprint density at radius 1 is 1.21 bits per heavy atom. The molecule has 0 saturated heterocycles. The molecule has 0 spiro atoms. The molecule has 1 rings (SSSR count). The van der Waals surface area contributed by atoms with Gasteiger partial charge in [-0.05, 0) is 19.9 Å². The maximum atomic E-state index is 11.4. The molecule has 0 heterocycles. The number of benzene rings is 1. The molecule has 1 aromatic rings. The third-order valence-electron chi connectivity index (χ3n) is 2.06. The van der Waals surface area contributed by atoms with E-state index in [0.717, 1.165) is 18.2 Å². The number of rotatable bonds is 4. The lowest BCUT2D eigenvalue weighted by Crippen LogP contribution is -2.34. The van der Waals surface area contributed by atoms with Gasteiger partial charge in [-0.2, -0.15) is 0 Å². The van der Waals surface area contributed by atoms with Crippen LogP contribution in [0, 0.1) is 20.2 Å². The summed E-state index contributed by atoms with van der Waals surface area (Å²) in [6, 6.07) is 2.24. The van der Waals surface area contributed by atoms with Crippen LogP contribution >= 0.6 is 0 Å². The summed E-state index contributed by atoms with van der Waals surface area (Å²) in [5, 5.41) is 26.1. The van der Waals surface area contributed by atoms with Crippen molar-refractivity contribution in [3.63, 3.8) is 0 Å². The number of nitrogens with zero attached hydrogens (tertiary/aromatic N) is 2. The minimum absolute atomic E-state index is 0.103.